The SMILES string of the molecule is c1nc(-c2csc(CNC3CC3)n2)cs1. The van der Waals surface area contributed by atoms with Gasteiger partial charge in [0, 0.05) is 23.3 Å². The van der Waals surface area contributed by atoms with Gasteiger partial charge in [0.15, 0.2) is 0 Å². The van der Waals surface area contributed by atoms with Crippen LogP contribution < -0.4 is 5.32 Å². The fourth-order valence-corrected chi connectivity index (χ4v) is 2.65. The first-order valence-corrected chi connectivity index (χ1v) is 6.80. The molecular formula is C10H11N3S2. The van der Waals surface area contributed by atoms with Crippen LogP contribution in [-0.2, 0) is 6.54 Å². The highest BCUT2D eigenvalue weighted by atomic mass is 32.1. The van der Waals surface area contributed by atoms with Crippen molar-refractivity contribution in [3.63, 3.8) is 0 Å². The molecule has 0 amide bonds. The Bertz CT molecular complexity index is 431. The van der Waals surface area contributed by atoms with E-state index in [0.717, 1.165) is 29.0 Å². The summed E-state index contributed by atoms with van der Waals surface area (Å²) in [7, 11) is 0. The Morgan fingerprint density at radius 1 is 1.33 bits per heavy atom. The summed E-state index contributed by atoms with van der Waals surface area (Å²) in [5, 5.41) is 8.74. The topological polar surface area (TPSA) is 37.8 Å². The Labute approximate surface area is 96.2 Å². The molecule has 2 heterocycles. The first kappa shape index (κ1) is 9.45. The van der Waals surface area contributed by atoms with Crippen molar-refractivity contribution in [3.05, 3.63) is 21.3 Å². The van der Waals surface area contributed by atoms with Crippen LogP contribution in [0, 0.1) is 0 Å². The normalized spacial score (nSPS) is 15.7. The van der Waals surface area contributed by atoms with Crippen molar-refractivity contribution >= 4 is 22.7 Å². The third kappa shape index (κ3) is 2.25. The van der Waals surface area contributed by atoms with Gasteiger partial charge in [-0.05, 0) is 12.8 Å². The molecule has 0 aromatic carbocycles. The van der Waals surface area contributed by atoms with Crippen LogP contribution >= 0.6 is 22.7 Å². The van der Waals surface area contributed by atoms with E-state index in [0.29, 0.717) is 0 Å². The van der Waals surface area contributed by atoms with Gasteiger partial charge in [-0.3, -0.25) is 0 Å². The maximum Gasteiger partial charge on any atom is 0.107 e. The Balaban J connectivity index is 1.69. The van der Waals surface area contributed by atoms with Gasteiger partial charge in [0.05, 0.1) is 5.51 Å². The van der Waals surface area contributed by atoms with E-state index in [9.17, 15) is 0 Å². The first-order chi connectivity index (χ1) is 7.42. The number of thiazole rings is 2. The number of rotatable bonds is 4. The number of aromatic nitrogens is 2. The zero-order valence-electron chi connectivity index (χ0n) is 8.14. The summed E-state index contributed by atoms with van der Waals surface area (Å²) in [4.78, 5) is 8.80. The van der Waals surface area contributed by atoms with Crippen molar-refractivity contribution in [3.8, 4) is 11.4 Å². The summed E-state index contributed by atoms with van der Waals surface area (Å²) >= 11 is 3.32. The molecule has 0 unspecified atom stereocenters. The molecule has 1 aliphatic rings. The average Bonchev–Trinajstić information content (AvgIpc) is 2.78. The van der Waals surface area contributed by atoms with Gasteiger partial charge in [-0.15, -0.1) is 22.7 Å². The van der Waals surface area contributed by atoms with Crippen molar-refractivity contribution < 1.29 is 0 Å². The van der Waals surface area contributed by atoms with Crippen molar-refractivity contribution in [1.82, 2.24) is 15.3 Å². The molecule has 0 radical (unpaired) electrons. The second-order valence-corrected chi connectivity index (χ2v) is 5.32. The van der Waals surface area contributed by atoms with Crippen molar-refractivity contribution in [2.24, 2.45) is 0 Å². The lowest BCUT2D eigenvalue weighted by atomic mass is 10.4. The summed E-state index contributed by atoms with van der Waals surface area (Å²) in [6, 6.07) is 0.747. The van der Waals surface area contributed by atoms with Crippen LogP contribution in [0.1, 0.15) is 17.8 Å². The number of nitrogens with one attached hydrogen (secondary N) is 1. The van der Waals surface area contributed by atoms with Crippen LogP contribution in [0.5, 0.6) is 0 Å². The van der Waals surface area contributed by atoms with Gasteiger partial charge in [0.25, 0.3) is 0 Å². The summed E-state index contributed by atoms with van der Waals surface area (Å²) in [6.07, 6.45) is 2.65. The molecule has 3 nitrogen and oxygen atoms in total. The second-order valence-electron chi connectivity index (χ2n) is 3.66. The molecule has 15 heavy (non-hydrogen) atoms. The third-order valence-electron chi connectivity index (χ3n) is 2.37. The van der Waals surface area contributed by atoms with Crippen LogP contribution in [0.15, 0.2) is 16.3 Å². The average molecular weight is 237 g/mol. The van der Waals surface area contributed by atoms with Crippen LogP contribution in [0.25, 0.3) is 11.4 Å². The molecule has 5 heteroatoms. The Kier molecular flexibility index (Phi) is 2.52. The van der Waals surface area contributed by atoms with Crippen LogP contribution in [-0.4, -0.2) is 16.0 Å². The molecule has 1 aliphatic carbocycles. The van der Waals surface area contributed by atoms with Gasteiger partial charge >= 0.3 is 0 Å². The molecule has 0 bridgehead atoms. The van der Waals surface area contributed by atoms with Crippen molar-refractivity contribution in [2.45, 2.75) is 25.4 Å². The quantitative estimate of drug-likeness (QED) is 0.888. The molecule has 3 rings (SSSR count). The van der Waals surface area contributed by atoms with Gasteiger partial charge in [0.2, 0.25) is 0 Å². The zero-order valence-corrected chi connectivity index (χ0v) is 9.77. The predicted molar refractivity (Wildman–Crippen MR) is 63.1 cm³/mol. The molecule has 1 saturated carbocycles. The Hall–Kier alpha value is -0.780. The van der Waals surface area contributed by atoms with Crippen LogP contribution in [0.3, 0.4) is 0 Å². The fourth-order valence-electron chi connectivity index (χ4n) is 1.37. The Morgan fingerprint density at radius 3 is 3.00 bits per heavy atom. The molecule has 1 N–H and O–H groups in total. The van der Waals surface area contributed by atoms with Crippen molar-refractivity contribution in [2.75, 3.05) is 0 Å². The molecule has 1 fully saturated rings. The predicted octanol–water partition coefficient (Wildman–Crippen LogP) is 2.52. The van der Waals surface area contributed by atoms with Crippen molar-refractivity contribution in [1.29, 1.82) is 0 Å². The standard InChI is InChI=1S/C10H11N3S2/c1-2-7(1)11-3-10-13-9(5-15-10)8-4-14-6-12-8/h4-7,11H,1-3H2. The van der Waals surface area contributed by atoms with Gasteiger partial charge in [-0.1, -0.05) is 0 Å². The van der Waals surface area contributed by atoms with Gasteiger partial charge in [-0.25, -0.2) is 9.97 Å². The minimum Gasteiger partial charge on any atom is -0.308 e. The van der Waals surface area contributed by atoms with E-state index in [-0.39, 0.29) is 0 Å². The lowest BCUT2D eigenvalue weighted by Crippen LogP contribution is -2.14. The fraction of sp³-hybridized carbons (Fsp3) is 0.400. The molecule has 0 atom stereocenters. The van der Waals surface area contributed by atoms with E-state index in [1.54, 1.807) is 22.7 Å². The first-order valence-electron chi connectivity index (χ1n) is 4.98. The zero-order chi connectivity index (χ0) is 10.1. The van der Waals surface area contributed by atoms with E-state index in [4.69, 9.17) is 0 Å². The second kappa shape index (κ2) is 4.00. The molecule has 2 aromatic rings. The van der Waals surface area contributed by atoms with Gasteiger partial charge in [0.1, 0.15) is 16.4 Å². The third-order valence-corrected chi connectivity index (χ3v) is 3.80. The minimum atomic E-state index is 0.747. The highest BCUT2D eigenvalue weighted by Gasteiger charge is 2.20. The molecule has 78 valence electrons. The molecular weight excluding hydrogens is 226 g/mol. The van der Waals surface area contributed by atoms with E-state index >= 15 is 0 Å². The molecule has 2 aromatic heterocycles. The molecule has 0 aliphatic heterocycles. The molecule has 0 spiro atoms. The largest absolute Gasteiger partial charge is 0.308 e. The highest BCUT2D eigenvalue weighted by molar-refractivity contribution is 7.10. The van der Waals surface area contributed by atoms with Gasteiger partial charge in [-0.2, -0.15) is 0 Å². The highest BCUT2D eigenvalue weighted by Crippen LogP contribution is 2.23. The summed E-state index contributed by atoms with van der Waals surface area (Å²) in [6.45, 7) is 0.902. The van der Waals surface area contributed by atoms with E-state index in [1.807, 2.05) is 10.9 Å². The number of hydrogen-bond donors (Lipinski definition) is 1. The summed E-state index contributed by atoms with van der Waals surface area (Å²) in [5.74, 6) is 0. The monoisotopic (exact) mass is 237 g/mol. The van der Waals surface area contributed by atoms with E-state index in [2.05, 4.69) is 20.7 Å². The van der Waals surface area contributed by atoms with Crippen LogP contribution in [0.4, 0.5) is 0 Å². The molecule has 0 saturated heterocycles. The smallest absolute Gasteiger partial charge is 0.107 e. The maximum atomic E-state index is 4.55. The van der Waals surface area contributed by atoms with Gasteiger partial charge < -0.3 is 5.32 Å². The van der Waals surface area contributed by atoms with E-state index < -0.39 is 0 Å². The summed E-state index contributed by atoms with van der Waals surface area (Å²) < 4.78 is 0. The maximum absolute atomic E-state index is 4.55. The van der Waals surface area contributed by atoms with Crippen LogP contribution in [0.2, 0.25) is 0 Å². The minimum absolute atomic E-state index is 0.747. The summed E-state index contributed by atoms with van der Waals surface area (Å²) in [5.41, 5.74) is 3.85. The Morgan fingerprint density at radius 2 is 2.27 bits per heavy atom. The van der Waals surface area contributed by atoms with E-state index in [1.165, 1.54) is 12.8 Å². The number of nitrogens with zero attached hydrogens (tertiary/aromatic N) is 2. The lowest BCUT2D eigenvalue weighted by molar-refractivity contribution is 0.685. The lowest BCUT2D eigenvalue weighted by Gasteiger charge is -1.96. The number of hydrogen-bond acceptors (Lipinski definition) is 5.